The number of hydrogen-bond acceptors (Lipinski definition) is 6. The lowest BCUT2D eigenvalue weighted by molar-refractivity contribution is 0.152. The fourth-order valence-corrected chi connectivity index (χ4v) is 5.66. The Hall–Kier alpha value is -2.46. The van der Waals surface area contributed by atoms with Gasteiger partial charge in [0.1, 0.15) is 11.5 Å². The summed E-state index contributed by atoms with van der Waals surface area (Å²) in [5.41, 5.74) is 0.439. The van der Waals surface area contributed by atoms with Crippen molar-refractivity contribution in [2.24, 2.45) is 0 Å². The monoisotopic (exact) mass is 478 g/mol. The highest BCUT2D eigenvalue weighted by Gasteiger charge is 2.31. The molecule has 0 N–H and O–H groups in total. The maximum atomic E-state index is 13.8. The second kappa shape index (κ2) is 9.80. The fraction of sp³-hybridized carbons (Fsp3) is 0.565. The third-order valence-corrected chi connectivity index (χ3v) is 8.62. The van der Waals surface area contributed by atoms with Crippen LogP contribution in [0.4, 0.5) is 10.1 Å². The Bertz CT molecular complexity index is 1140. The molecule has 0 bridgehead atoms. The van der Waals surface area contributed by atoms with Crippen LogP contribution in [-0.4, -0.2) is 60.0 Å². The quantitative estimate of drug-likeness (QED) is 0.635. The summed E-state index contributed by atoms with van der Waals surface area (Å²) >= 11 is 0. The summed E-state index contributed by atoms with van der Waals surface area (Å²) in [6, 6.07) is 5.72. The Kier molecular flexibility index (Phi) is 7.04. The molecule has 1 aromatic carbocycles. The van der Waals surface area contributed by atoms with Crippen LogP contribution >= 0.6 is 0 Å². The third-order valence-electron chi connectivity index (χ3n) is 6.34. The van der Waals surface area contributed by atoms with E-state index in [0.29, 0.717) is 37.6 Å². The molecule has 2 heterocycles. The second-order valence-corrected chi connectivity index (χ2v) is 11.4. The van der Waals surface area contributed by atoms with Gasteiger partial charge in [-0.2, -0.15) is 14.1 Å². The predicted octanol–water partition coefficient (Wildman–Crippen LogP) is 2.94. The van der Waals surface area contributed by atoms with Crippen molar-refractivity contribution in [3.05, 3.63) is 46.6 Å². The molecule has 1 aliphatic carbocycles. The van der Waals surface area contributed by atoms with E-state index >= 15 is 0 Å². The summed E-state index contributed by atoms with van der Waals surface area (Å²) in [7, 11) is -3.33. The average molecular weight is 479 g/mol. The zero-order valence-corrected chi connectivity index (χ0v) is 19.9. The van der Waals surface area contributed by atoms with Gasteiger partial charge in [-0.1, -0.05) is 12.5 Å². The average Bonchev–Trinajstić information content (AvgIpc) is 2.81. The van der Waals surface area contributed by atoms with Gasteiger partial charge in [0.25, 0.3) is 0 Å². The van der Waals surface area contributed by atoms with Gasteiger partial charge < -0.3 is 9.64 Å². The van der Waals surface area contributed by atoms with E-state index in [1.54, 1.807) is 26.1 Å². The Morgan fingerprint density at radius 1 is 1.09 bits per heavy atom. The van der Waals surface area contributed by atoms with Crippen LogP contribution in [0.2, 0.25) is 0 Å². The Morgan fingerprint density at radius 3 is 2.42 bits per heavy atom. The van der Waals surface area contributed by atoms with Crippen LogP contribution in [0.3, 0.4) is 0 Å². The van der Waals surface area contributed by atoms with Gasteiger partial charge in [0, 0.05) is 26.2 Å². The van der Waals surface area contributed by atoms with Gasteiger partial charge in [0.15, 0.2) is 0 Å². The van der Waals surface area contributed by atoms with Crippen LogP contribution in [-0.2, 0) is 10.0 Å². The molecule has 0 amide bonds. The first-order valence-corrected chi connectivity index (χ1v) is 13.1. The molecule has 0 radical (unpaired) electrons. The van der Waals surface area contributed by atoms with E-state index in [-0.39, 0.29) is 11.9 Å². The summed E-state index contributed by atoms with van der Waals surface area (Å²) in [4.78, 5) is 15.4. The lowest BCUT2D eigenvalue weighted by Crippen LogP contribution is -2.50. The van der Waals surface area contributed by atoms with Gasteiger partial charge in [0.05, 0.1) is 23.2 Å². The SMILES string of the molecule is CC(C)S(=O)(=O)N1CCN(c2cnn(-c3cccc(F)c3)c(=O)c2OC2CCCCC2)CC1. The van der Waals surface area contributed by atoms with E-state index in [2.05, 4.69) is 5.10 Å². The second-order valence-electron chi connectivity index (χ2n) is 8.91. The number of ether oxygens (including phenoxy) is 1. The van der Waals surface area contributed by atoms with E-state index in [1.807, 2.05) is 4.90 Å². The highest BCUT2D eigenvalue weighted by molar-refractivity contribution is 7.89. The lowest BCUT2D eigenvalue weighted by atomic mass is 9.98. The lowest BCUT2D eigenvalue weighted by Gasteiger charge is -2.36. The molecular formula is C23H31FN4O4S. The molecule has 180 valence electrons. The predicted molar refractivity (Wildman–Crippen MR) is 125 cm³/mol. The zero-order valence-electron chi connectivity index (χ0n) is 19.1. The maximum absolute atomic E-state index is 13.8. The van der Waals surface area contributed by atoms with Crippen LogP contribution in [0.25, 0.3) is 5.69 Å². The molecular weight excluding hydrogens is 447 g/mol. The van der Waals surface area contributed by atoms with Gasteiger partial charge in [-0.15, -0.1) is 0 Å². The number of halogens is 1. The third kappa shape index (κ3) is 5.06. The smallest absolute Gasteiger partial charge is 0.316 e. The number of benzene rings is 1. The summed E-state index contributed by atoms with van der Waals surface area (Å²) in [5, 5.41) is 3.82. The largest absolute Gasteiger partial charge is 0.483 e. The first-order chi connectivity index (χ1) is 15.8. The van der Waals surface area contributed by atoms with Crippen LogP contribution in [0, 0.1) is 5.82 Å². The molecule has 8 nitrogen and oxygen atoms in total. The van der Waals surface area contributed by atoms with Crippen molar-refractivity contribution < 1.29 is 17.5 Å². The van der Waals surface area contributed by atoms with E-state index in [1.165, 1.54) is 22.5 Å². The summed E-state index contributed by atoms with van der Waals surface area (Å²) in [5.74, 6) is -0.260. The van der Waals surface area contributed by atoms with Gasteiger partial charge in [-0.3, -0.25) is 4.79 Å². The van der Waals surface area contributed by atoms with Crippen molar-refractivity contribution >= 4 is 15.7 Å². The first-order valence-electron chi connectivity index (χ1n) is 11.6. The molecule has 33 heavy (non-hydrogen) atoms. The minimum absolute atomic E-state index is 0.0591. The van der Waals surface area contributed by atoms with E-state index < -0.39 is 26.6 Å². The number of nitrogens with zero attached hydrogens (tertiary/aromatic N) is 4. The number of piperazine rings is 1. The van der Waals surface area contributed by atoms with Gasteiger partial charge in [0.2, 0.25) is 15.8 Å². The Labute approximate surface area is 194 Å². The number of anilines is 1. The van der Waals surface area contributed by atoms with E-state index in [9.17, 15) is 17.6 Å². The molecule has 10 heteroatoms. The summed E-state index contributed by atoms with van der Waals surface area (Å²) in [6.07, 6.45) is 6.52. The van der Waals surface area contributed by atoms with Crippen LogP contribution < -0.4 is 15.2 Å². The summed E-state index contributed by atoms with van der Waals surface area (Å²) in [6.45, 7) is 4.87. The molecule has 2 aromatic rings. The van der Waals surface area contributed by atoms with Crippen LogP contribution in [0.1, 0.15) is 46.0 Å². The molecule has 2 aliphatic rings. The highest BCUT2D eigenvalue weighted by Crippen LogP contribution is 2.30. The zero-order chi connectivity index (χ0) is 23.6. The molecule has 1 aromatic heterocycles. The van der Waals surface area contributed by atoms with E-state index in [0.717, 1.165) is 36.8 Å². The molecule has 0 unspecified atom stereocenters. The number of aromatic nitrogens is 2. The van der Waals surface area contributed by atoms with Crippen LogP contribution in [0.15, 0.2) is 35.3 Å². The minimum atomic E-state index is -3.33. The number of hydrogen-bond donors (Lipinski definition) is 0. The summed E-state index contributed by atoms with van der Waals surface area (Å²) < 4.78 is 47.7. The number of sulfonamides is 1. The van der Waals surface area contributed by atoms with Crippen molar-refractivity contribution in [1.82, 2.24) is 14.1 Å². The van der Waals surface area contributed by atoms with Crippen molar-refractivity contribution in [3.8, 4) is 11.4 Å². The topological polar surface area (TPSA) is 84.7 Å². The maximum Gasteiger partial charge on any atom is 0.316 e. The Morgan fingerprint density at radius 2 is 1.79 bits per heavy atom. The van der Waals surface area contributed by atoms with Gasteiger partial charge in [-0.05, 0) is 57.7 Å². The molecule has 4 rings (SSSR count). The normalized spacial score (nSPS) is 18.6. The molecule has 0 atom stereocenters. The van der Waals surface area contributed by atoms with Gasteiger partial charge >= 0.3 is 5.56 Å². The molecule has 2 fully saturated rings. The van der Waals surface area contributed by atoms with Gasteiger partial charge in [-0.25, -0.2) is 12.8 Å². The molecule has 1 saturated heterocycles. The van der Waals surface area contributed by atoms with Crippen molar-refractivity contribution in [1.29, 1.82) is 0 Å². The fourth-order valence-electron chi connectivity index (χ4n) is 4.39. The Balaban J connectivity index is 1.66. The van der Waals surface area contributed by atoms with Crippen molar-refractivity contribution in [2.75, 3.05) is 31.1 Å². The van der Waals surface area contributed by atoms with E-state index in [4.69, 9.17) is 4.74 Å². The number of rotatable bonds is 6. The van der Waals surface area contributed by atoms with Crippen molar-refractivity contribution in [2.45, 2.75) is 57.3 Å². The van der Waals surface area contributed by atoms with Crippen molar-refractivity contribution in [3.63, 3.8) is 0 Å². The first kappa shape index (κ1) is 23.7. The van der Waals surface area contributed by atoms with Crippen LogP contribution in [0.5, 0.6) is 5.75 Å². The molecule has 1 aliphatic heterocycles. The molecule has 1 saturated carbocycles. The minimum Gasteiger partial charge on any atom is -0.483 e. The highest BCUT2D eigenvalue weighted by atomic mass is 32.2. The standard InChI is InChI=1S/C23H31FN4O4S/c1-17(2)33(30,31)27-13-11-26(12-14-27)21-16-25-28(19-8-6-7-18(24)15-19)23(29)22(21)32-20-9-4-3-5-10-20/h6-8,15-17,20H,3-5,9-14H2,1-2H3. The molecule has 0 spiro atoms.